The highest BCUT2D eigenvalue weighted by molar-refractivity contribution is 5.64. The summed E-state index contributed by atoms with van der Waals surface area (Å²) in [5.41, 5.74) is 0. The minimum absolute atomic E-state index is 0.0736. The van der Waals surface area contributed by atoms with Crippen molar-refractivity contribution in [2.45, 2.75) is 19.3 Å². The fourth-order valence-electron chi connectivity index (χ4n) is 0.335. The molecule has 0 unspecified atom stereocenters. The fraction of sp³-hybridized carbons (Fsp3) is 0.500. The summed E-state index contributed by atoms with van der Waals surface area (Å²) < 4.78 is 0. The van der Waals surface area contributed by atoms with Crippen LogP contribution in [-0.2, 0) is 4.79 Å². The van der Waals surface area contributed by atoms with Gasteiger partial charge in [-0.25, -0.2) is 0 Å². The van der Waals surface area contributed by atoms with E-state index < -0.39 is 5.97 Å². The van der Waals surface area contributed by atoms with E-state index in [9.17, 15) is 9.90 Å². The largest absolute Gasteiger partial charge is 0.550 e. The van der Waals surface area contributed by atoms with E-state index in [1.165, 1.54) is 0 Å². The van der Waals surface area contributed by atoms with Gasteiger partial charge in [0.25, 0.3) is 0 Å². The molecule has 0 heterocycles. The third kappa shape index (κ3) is 5.03. The number of hydrogen-bond acceptors (Lipinski definition) is 2. The van der Waals surface area contributed by atoms with Crippen molar-refractivity contribution < 1.29 is 9.90 Å². The van der Waals surface area contributed by atoms with Crippen LogP contribution in [0.25, 0.3) is 0 Å². The first-order valence-electron chi connectivity index (χ1n) is 2.40. The molecule has 0 rings (SSSR count). The molecule has 0 radical (unpaired) electrons. The van der Waals surface area contributed by atoms with Crippen LogP contribution in [-0.4, -0.2) is 5.97 Å². The van der Waals surface area contributed by atoms with Crippen LogP contribution >= 0.6 is 0 Å². The van der Waals surface area contributed by atoms with Crippen molar-refractivity contribution in [1.82, 2.24) is 0 Å². The molecule has 44 valence electrons. The van der Waals surface area contributed by atoms with E-state index >= 15 is 0 Å². The monoisotopic (exact) mass is 111 g/mol. The van der Waals surface area contributed by atoms with Crippen LogP contribution in [0.15, 0.2) is 0 Å². The molecule has 0 aliphatic rings. The molecule has 2 nitrogen and oxygen atoms in total. The number of rotatable bonds is 3. The lowest BCUT2D eigenvalue weighted by Gasteiger charge is -1.95. The van der Waals surface area contributed by atoms with Crippen LogP contribution in [0.3, 0.4) is 0 Å². The minimum Gasteiger partial charge on any atom is -0.550 e. The lowest BCUT2D eigenvalue weighted by Crippen LogP contribution is -2.21. The summed E-state index contributed by atoms with van der Waals surface area (Å²) in [5.74, 6) is 1.30. The van der Waals surface area contributed by atoms with Crippen LogP contribution in [0.1, 0.15) is 19.3 Å². The summed E-state index contributed by atoms with van der Waals surface area (Å²) in [6.07, 6.45) is 5.97. The highest BCUT2D eigenvalue weighted by Gasteiger charge is 1.82. The lowest BCUT2D eigenvalue weighted by atomic mass is 10.2. The van der Waals surface area contributed by atoms with Gasteiger partial charge in [-0.15, -0.1) is 12.3 Å². The smallest absolute Gasteiger partial charge is 0.0414 e. The van der Waals surface area contributed by atoms with E-state index in [1.807, 2.05) is 0 Å². The molecular formula is C6H7O2-. The highest BCUT2D eigenvalue weighted by atomic mass is 16.4. The van der Waals surface area contributed by atoms with Gasteiger partial charge in [0.1, 0.15) is 0 Å². The molecule has 0 aliphatic heterocycles. The summed E-state index contributed by atoms with van der Waals surface area (Å²) >= 11 is 0. The zero-order chi connectivity index (χ0) is 6.41. The Hall–Kier alpha value is -0.970. The molecule has 0 amide bonds. The van der Waals surface area contributed by atoms with Crippen molar-refractivity contribution in [3.8, 4) is 12.3 Å². The fourth-order valence-corrected chi connectivity index (χ4v) is 0.335. The van der Waals surface area contributed by atoms with Crippen molar-refractivity contribution in [2.24, 2.45) is 0 Å². The van der Waals surface area contributed by atoms with Gasteiger partial charge in [-0.3, -0.25) is 0 Å². The van der Waals surface area contributed by atoms with Gasteiger partial charge >= 0.3 is 0 Å². The Balaban J connectivity index is 2.97. The van der Waals surface area contributed by atoms with Crippen LogP contribution < -0.4 is 5.11 Å². The van der Waals surface area contributed by atoms with E-state index in [-0.39, 0.29) is 6.42 Å². The molecule has 0 aromatic rings. The Bertz CT molecular complexity index is 110. The maximum Gasteiger partial charge on any atom is 0.0414 e. The highest BCUT2D eigenvalue weighted by Crippen LogP contribution is 1.89. The summed E-state index contributed by atoms with van der Waals surface area (Å²) in [5, 5.41) is 9.69. The Morgan fingerprint density at radius 1 is 1.75 bits per heavy atom. The summed E-state index contributed by atoms with van der Waals surface area (Å²) in [6, 6.07) is 0. The third-order valence-electron chi connectivity index (χ3n) is 0.702. The van der Waals surface area contributed by atoms with E-state index in [0.717, 1.165) is 0 Å². The van der Waals surface area contributed by atoms with Gasteiger partial charge < -0.3 is 9.90 Å². The number of hydrogen-bond donors (Lipinski definition) is 0. The number of carboxylic acids is 1. The second kappa shape index (κ2) is 4.20. The first-order valence-corrected chi connectivity index (χ1v) is 2.40. The van der Waals surface area contributed by atoms with Crippen LogP contribution in [0, 0.1) is 12.3 Å². The first kappa shape index (κ1) is 7.03. The number of unbranched alkanes of at least 4 members (excludes halogenated alkanes) is 1. The summed E-state index contributed by atoms with van der Waals surface area (Å²) in [4.78, 5) is 9.69. The maximum atomic E-state index is 9.69. The van der Waals surface area contributed by atoms with Gasteiger partial charge in [-0.05, 0) is 12.8 Å². The number of carbonyl (C=O) groups excluding carboxylic acids is 1. The Kier molecular flexibility index (Phi) is 3.69. The molecule has 0 N–H and O–H groups in total. The van der Waals surface area contributed by atoms with Crippen LogP contribution in [0.4, 0.5) is 0 Å². The van der Waals surface area contributed by atoms with Gasteiger partial charge in [0.05, 0.1) is 0 Å². The van der Waals surface area contributed by atoms with Crippen LogP contribution in [0.5, 0.6) is 0 Å². The van der Waals surface area contributed by atoms with Crippen molar-refractivity contribution in [3.05, 3.63) is 0 Å². The van der Waals surface area contributed by atoms with Gasteiger partial charge in [0, 0.05) is 12.4 Å². The van der Waals surface area contributed by atoms with Crippen molar-refractivity contribution in [2.75, 3.05) is 0 Å². The first-order chi connectivity index (χ1) is 3.77. The predicted octanol–water partition coefficient (Wildman–Crippen LogP) is -0.460. The minimum atomic E-state index is -1.03. The molecule has 0 spiro atoms. The molecule has 0 fully saturated rings. The van der Waals surface area contributed by atoms with Crippen molar-refractivity contribution in [3.63, 3.8) is 0 Å². The molecule has 0 aliphatic carbocycles. The van der Waals surface area contributed by atoms with E-state index in [0.29, 0.717) is 12.8 Å². The standard InChI is InChI=1S/C6H8O2/c1-2-3-4-5-6(7)8/h1H,3-5H2,(H,7,8)/p-1. The zero-order valence-electron chi connectivity index (χ0n) is 4.52. The normalized spacial score (nSPS) is 7.88. The van der Waals surface area contributed by atoms with Crippen molar-refractivity contribution >= 4 is 5.97 Å². The SMILES string of the molecule is C#CCCCC(=O)[O-]. The van der Waals surface area contributed by atoms with Gasteiger partial charge in [0.2, 0.25) is 0 Å². The topological polar surface area (TPSA) is 40.1 Å². The molecule has 0 atom stereocenters. The van der Waals surface area contributed by atoms with Crippen molar-refractivity contribution in [1.29, 1.82) is 0 Å². The van der Waals surface area contributed by atoms with Crippen LogP contribution in [0.2, 0.25) is 0 Å². The maximum absolute atomic E-state index is 9.69. The second-order valence-electron chi connectivity index (χ2n) is 1.43. The van der Waals surface area contributed by atoms with Gasteiger partial charge in [-0.2, -0.15) is 0 Å². The second-order valence-corrected chi connectivity index (χ2v) is 1.43. The van der Waals surface area contributed by atoms with Gasteiger partial charge in [-0.1, -0.05) is 0 Å². The number of aliphatic carboxylic acids is 1. The summed E-state index contributed by atoms with van der Waals surface area (Å²) in [7, 11) is 0. The molecule has 2 heteroatoms. The molecular weight excluding hydrogens is 104 g/mol. The van der Waals surface area contributed by atoms with E-state index in [1.54, 1.807) is 0 Å². The third-order valence-corrected chi connectivity index (χ3v) is 0.702. The lowest BCUT2D eigenvalue weighted by molar-refractivity contribution is -0.305. The number of carbonyl (C=O) groups is 1. The molecule has 0 bridgehead atoms. The Morgan fingerprint density at radius 3 is 2.75 bits per heavy atom. The van der Waals surface area contributed by atoms with E-state index in [2.05, 4.69) is 5.92 Å². The number of terminal acetylenes is 1. The average Bonchev–Trinajstić information content (AvgIpc) is 1.66. The molecule has 0 aromatic carbocycles. The Labute approximate surface area is 48.5 Å². The average molecular weight is 111 g/mol. The molecule has 0 saturated carbocycles. The molecule has 0 saturated heterocycles. The number of carboxylic acid groups (broad SMARTS) is 1. The predicted molar refractivity (Wildman–Crippen MR) is 27.7 cm³/mol. The summed E-state index contributed by atoms with van der Waals surface area (Å²) in [6.45, 7) is 0. The van der Waals surface area contributed by atoms with E-state index in [4.69, 9.17) is 6.42 Å². The zero-order valence-corrected chi connectivity index (χ0v) is 4.52. The molecule has 8 heavy (non-hydrogen) atoms. The van der Waals surface area contributed by atoms with Gasteiger partial charge in [0.15, 0.2) is 0 Å². The molecule has 0 aromatic heterocycles. The quantitative estimate of drug-likeness (QED) is 0.365. The Morgan fingerprint density at radius 2 is 2.38 bits per heavy atom.